The van der Waals surface area contributed by atoms with Crippen LogP contribution >= 0.6 is 23.1 Å². The molecule has 42 heavy (non-hydrogen) atoms. The van der Waals surface area contributed by atoms with Crippen LogP contribution in [0.15, 0.2) is 60.7 Å². The van der Waals surface area contributed by atoms with Crippen molar-refractivity contribution in [1.29, 1.82) is 0 Å². The van der Waals surface area contributed by atoms with Crippen LogP contribution in [-0.4, -0.2) is 13.3 Å². The number of aromatic nitrogens is 3. The minimum atomic E-state index is 0.535. The lowest BCUT2D eigenvalue weighted by atomic mass is 10.00. The van der Waals surface area contributed by atoms with E-state index in [2.05, 4.69) is 102 Å². The van der Waals surface area contributed by atoms with Crippen molar-refractivity contribution in [3.63, 3.8) is 0 Å². The van der Waals surface area contributed by atoms with Crippen LogP contribution in [-0.2, 0) is 0 Å². The predicted molar refractivity (Wildman–Crippen MR) is 185 cm³/mol. The van der Waals surface area contributed by atoms with E-state index >= 15 is 0 Å². The van der Waals surface area contributed by atoms with Gasteiger partial charge in [0, 0.05) is 37.6 Å². The molecule has 0 radical (unpaired) electrons. The number of hydrogen-bond donors (Lipinski definition) is 0. The van der Waals surface area contributed by atoms with Crippen LogP contribution in [0, 0.1) is 13.8 Å². The van der Waals surface area contributed by atoms with Gasteiger partial charge in [0.25, 0.3) is 0 Å². The van der Waals surface area contributed by atoms with Gasteiger partial charge in [-0.05, 0) is 67.6 Å². The highest BCUT2D eigenvalue weighted by atomic mass is 32.1. The molecular weight excluding hydrogens is 551 g/mol. The first-order valence-corrected chi connectivity index (χ1v) is 17.5. The molecule has 0 aliphatic carbocycles. The van der Waals surface area contributed by atoms with Crippen molar-refractivity contribution < 1.29 is 0 Å². The minimum Gasteiger partial charge on any atom is -0.337 e. The first-order chi connectivity index (χ1) is 20.6. The van der Waals surface area contributed by atoms with Crippen molar-refractivity contribution in [3.05, 3.63) is 71.8 Å². The number of rotatable bonds is 13. The maximum Gasteiger partial charge on any atom is 0.113 e. The molecule has 0 N–H and O–H groups in total. The molecule has 5 heteroatoms. The zero-order valence-electron chi connectivity index (χ0n) is 25.6. The zero-order chi connectivity index (χ0) is 29.1. The molecule has 0 unspecified atom stereocenters. The second kappa shape index (κ2) is 13.1. The largest absolute Gasteiger partial charge is 0.337 e. The smallest absolute Gasteiger partial charge is 0.113 e. The van der Waals surface area contributed by atoms with Gasteiger partial charge in [-0.1, -0.05) is 102 Å². The van der Waals surface area contributed by atoms with Gasteiger partial charge in [-0.25, -0.2) is 0 Å². The lowest BCUT2D eigenvalue weighted by Crippen LogP contribution is -2.09. The molecule has 3 aromatic carbocycles. The Kier molecular flexibility index (Phi) is 9.06. The summed E-state index contributed by atoms with van der Waals surface area (Å²) in [5.74, 6) is 0. The molecule has 3 heterocycles. The molecule has 3 nitrogen and oxygen atoms in total. The summed E-state index contributed by atoms with van der Waals surface area (Å²) in [6, 6.07) is 23.7. The van der Waals surface area contributed by atoms with Crippen LogP contribution in [0.4, 0.5) is 0 Å². The van der Waals surface area contributed by atoms with E-state index in [0.29, 0.717) is 6.04 Å². The van der Waals surface area contributed by atoms with Gasteiger partial charge in [-0.15, -0.1) is 11.3 Å². The molecule has 0 atom stereocenters. The Balaban J connectivity index is 1.42. The molecule has 0 saturated carbocycles. The fourth-order valence-corrected chi connectivity index (χ4v) is 8.19. The second-order valence-electron chi connectivity index (χ2n) is 12.0. The fourth-order valence-electron chi connectivity index (χ4n) is 6.55. The molecule has 6 aromatic rings. The molecule has 3 aromatic heterocycles. The van der Waals surface area contributed by atoms with Crippen LogP contribution in [0.25, 0.3) is 53.7 Å². The summed E-state index contributed by atoms with van der Waals surface area (Å²) in [6.45, 7) is 8.97. The molecule has 0 bridgehead atoms. The van der Waals surface area contributed by atoms with Gasteiger partial charge in [-0.3, -0.25) is 0 Å². The molecule has 0 fully saturated rings. The van der Waals surface area contributed by atoms with Crippen LogP contribution in [0.1, 0.15) is 95.2 Å². The Labute approximate surface area is 258 Å². The van der Waals surface area contributed by atoms with E-state index in [9.17, 15) is 0 Å². The van der Waals surface area contributed by atoms with Gasteiger partial charge in [0.2, 0.25) is 0 Å². The van der Waals surface area contributed by atoms with Gasteiger partial charge in [-0.2, -0.15) is 8.75 Å². The van der Waals surface area contributed by atoms with E-state index in [4.69, 9.17) is 0 Å². The molecule has 0 aliphatic rings. The van der Waals surface area contributed by atoms with Crippen LogP contribution in [0.2, 0.25) is 0 Å². The Hall–Kier alpha value is -3.02. The highest BCUT2D eigenvalue weighted by Crippen LogP contribution is 2.41. The number of benzene rings is 3. The number of thiophene rings is 1. The predicted octanol–water partition coefficient (Wildman–Crippen LogP) is 12.3. The standard InChI is InChI=1S/C37H43N3S2/c1-5-7-9-11-13-28(14-12-10-8-6-2)40-32-23-25(3)15-18-29(32)30-20-17-27(24-33(30)40)34-21-22-35(41-34)31-19-16-26(4)36-37(31)39-42-38-36/h15-24,28H,5-14H2,1-4H3. The Bertz CT molecular complexity index is 1790. The summed E-state index contributed by atoms with van der Waals surface area (Å²) < 4.78 is 11.9. The average Bonchev–Trinajstić information content (AvgIpc) is 3.75. The maximum atomic E-state index is 4.65. The highest BCUT2D eigenvalue weighted by Gasteiger charge is 2.20. The van der Waals surface area contributed by atoms with Crippen molar-refractivity contribution in [1.82, 2.24) is 13.3 Å². The third-order valence-electron chi connectivity index (χ3n) is 8.88. The monoisotopic (exact) mass is 593 g/mol. The van der Waals surface area contributed by atoms with Gasteiger partial charge >= 0.3 is 0 Å². The van der Waals surface area contributed by atoms with Gasteiger partial charge < -0.3 is 4.57 Å². The van der Waals surface area contributed by atoms with Crippen molar-refractivity contribution in [2.75, 3.05) is 0 Å². The summed E-state index contributed by atoms with van der Waals surface area (Å²) in [6.07, 6.45) is 13.1. The van der Waals surface area contributed by atoms with Gasteiger partial charge in [0.05, 0.1) is 17.2 Å². The number of hydrogen-bond acceptors (Lipinski definition) is 4. The van der Waals surface area contributed by atoms with E-state index in [1.807, 2.05) is 11.3 Å². The Morgan fingerprint density at radius 2 is 1.33 bits per heavy atom. The highest BCUT2D eigenvalue weighted by molar-refractivity contribution is 7.19. The van der Waals surface area contributed by atoms with E-state index in [0.717, 1.165) is 11.0 Å². The maximum absolute atomic E-state index is 4.65. The quantitative estimate of drug-likeness (QED) is 0.125. The zero-order valence-corrected chi connectivity index (χ0v) is 27.2. The first kappa shape index (κ1) is 29.1. The molecule has 218 valence electrons. The molecule has 0 saturated heterocycles. The first-order valence-electron chi connectivity index (χ1n) is 16.0. The molecule has 6 rings (SSSR count). The third-order valence-corrected chi connectivity index (χ3v) is 10.6. The summed E-state index contributed by atoms with van der Waals surface area (Å²) in [7, 11) is 0. The average molecular weight is 594 g/mol. The molecule has 0 amide bonds. The number of fused-ring (bicyclic) bond motifs is 4. The summed E-state index contributed by atoms with van der Waals surface area (Å²) in [5.41, 5.74) is 9.85. The van der Waals surface area contributed by atoms with Crippen LogP contribution < -0.4 is 0 Å². The van der Waals surface area contributed by atoms with Crippen molar-refractivity contribution in [3.8, 4) is 20.9 Å². The number of unbranched alkanes of at least 4 members (excludes halogenated alkanes) is 6. The normalized spacial score (nSPS) is 12.0. The lowest BCUT2D eigenvalue weighted by Gasteiger charge is -2.22. The third kappa shape index (κ3) is 5.78. The van der Waals surface area contributed by atoms with Crippen molar-refractivity contribution in [2.45, 2.75) is 97.9 Å². The summed E-state index contributed by atoms with van der Waals surface area (Å²) in [4.78, 5) is 2.56. The Morgan fingerprint density at radius 3 is 2.07 bits per heavy atom. The van der Waals surface area contributed by atoms with E-state index < -0.39 is 0 Å². The van der Waals surface area contributed by atoms with E-state index in [-0.39, 0.29) is 0 Å². The Morgan fingerprint density at radius 1 is 0.667 bits per heavy atom. The summed E-state index contributed by atoms with van der Waals surface area (Å²) in [5, 5.41) is 2.77. The second-order valence-corrected chi connectivity index (χ2v) is 13.6. The van der Waals surface area contributed by atoms with Crippen LogP contribution in [0.5, 0.6) is 0 Å². The van der Waals surface area contributed by atoms with Gasteiger partial charge in [0.1, 0.15) is 11.0 Å². The summed E-state index contributed by atoms with van der Waals surface area (Å²) >= 11 is 3.17. The SMILES string of the molecule is CCCCCCC(CCCCCC)n1c2cc(C)ccc2c2ccc(-c3ccc(-c4ccc(C)c5nsnc45)s3)cc21. The number of nitrogens with zero attached hydrogens (tertiary/aromatic N) is 3. The molecule has 0 aliphatic heterocycles. The fraction of sp³-hybridized carbons (Fsp3) is 0.405. The lowest BCUT2D eigenvalue weighted by molar-refractivity contribution is 0.413. The molecule has 0 spiro atoms. The molecular formula is C37H43N3S2. The van der Waals surface area contributed by atoms with E-state index in [1.165, 1.54) is 130 Å². The van der Waals surface area contributed by atoms with Crippen molar-refractivity contribution in [2.24, 2.45) is 0 Å². The van der Waals surface area contributed by atoms with Gasteiger partial charge in [0.15, 0.2) is 0 Å². The van der Waals surface area contributed by atoms with E-state index in [1.54, 1.807) is 0 Å². The number of aryl methyl sites for hydroxylation is 2. The topological polar surface area (TPSA) is 30.7 Å². The van der Waals surface area contributed by atoms with Crippen molar-refractivity contribution >= 4 is 55.9 Å². The minimum absolute atomic E-state index is 0.535. The van der Waals surface area contributed by atoms with Crippen LogP contribution in [0.3, 0.4) is 0 Å².